The summed E-state index contributed by atoms with van der Waals surface area (Å²) < 4.78 is 5.50. The van der Waals surface area contributed by atoms with Crippen molar-refractivity contribution in [2.24, 2.45) is 5.73 Å². The van der Waals surface area contributed by atoms with Gasteiger partial charge in [-0.05, 0) is 26.3 Å². The van der Waals surface area contributed by atoms with Crippen LogP contribution < -0.4 is 5.73 Å². The first-order valence-corrected chi connectivity index (χ1v) is 6.15. The second-order valence-electron chi connectivity index (χ2n) is 4.17. The van der Waals surface area contributed by atoms with Crippen molar-refractivity contribution in [2.45, 2.75) is 45.6 Å². The van der Waals surface area contributed by atoms with Gasteiger partial charge in [0, 0.05) is 25.2 Å². The van der Waals surface area contributed by atoms with Crippen LogP contribution in [-0.4, -0.2) is 43.8 Å². The molecule has 0 heterocycles. The van der Waals surface area contributed by atoms with Gasteiger partial charge < -0.3 is 10.5 Å². The molecule has 0 bridgehead atoms. The van der Waals surface area contributed by atoms with Crippen LogP contribution in [0.5, 0.6) is 0 Å². The Balaban J connectivity index is 3.97. The molecular weight excluding hydrogens is 188 g/mol. The van der Waals surface area contributed by atoms with Crippen LogP contribution in [0.2, 0.25) is 0 Å². The summed E-state index contributed by atoms with van der Waals surface area (Å²) in [5.74, 6) is 0. The molecule has 0 spiro atoms. The minimum Gasteiger partial charge on any atom is -0.380 e. The average molecular weight is 216 g/mol. The van der Waals surface area contributed by atoms with Crippen molar-refractivity contribution < 1.29 is 4.74 Å². The average Bonchev–Trinajstić information content (AvgIpc) is 2.28. The molecule has 3 heteroatoms. The Morgan fingerprint density at radius 3 is 2.13 bits per heavy atom. The van der Waals surface area contributed by atoms with Crippen molar-refractivity contribution in [3.8, 4) is 0 Å². The van der Waals surface area contributed by atoms with E-state index in [1.165, 1.54) is 0 Å². The van der Waals surface area contributed by atoms with E-state index in [0.29, 0.717) is 0 Å². The zero-order chi connectivity index (χ0) is 11.7. The molecule has 0 fully saturated rings. The van der Waals surface area contributed by atoms with E-state index in [-0.39, 0.29) is 5.54 Å². The molecule has 2 N–H and O–H groups in total. The zero-order valence-corrected chi connectivity index (χ0v) is 10.9. The molecule has 0 aromatic heterocycles. The van der Waals surface area contributed by atoms with Gasteiger partial charge >= 0.3 is 0 Å². The smallest absolute Gasteiger partial charge is 0.0593 e. The van der Waals surface area contributed by atoms with Gasteiger partial charge in [-0.1, -0.05) is 20.8 Å². The monoisotopic (exact) mass is 216 g/mol. The number of rotatable bonds is 9. The maximum absolute atomic E-state index is 5.88. The Morgan fingerprint density at radius 1 is 1.13 bits per heavy atom. The summed E-state index contributed by atoms with van der Waals surface area (Å²) in [7, 11) is 2.15. The molecule has 0 aromatic carbocycles. The summed E-state index contributed by atoms with van der Waals surface area (Å²) in [4.78, 5) is 2.35. The van der Waals surface area contributed by atoms with Crippen molar-refractivity contribution >= 4 is 0 Å². The van der Waals surface area contributed by atoms with Gasteiger partial charge in [0.15, 0.2) is 0 Å². The molecule has 0 aliphatic carbocycles. The lowest BCUT2D eigenvalue weighted by atomic mass is 9.91. The van der Waals surface area contributed by atoms with E-state index >= 15 is 0 Å². The van der Waals surface area contributed by atoms with Crippen molar-refractivity contribution in [3.05, 3.63) is 0 Å². The predicted molar refractivity (Wildman–Crippen MR) is 66.1 cm³/mol. The molecule has 15 heavy (non-hydrogen) atoms. The molecule has 0 saturated carbocycles. The Kier molecular flexibility index (Phi) is 8.02. The first-order chi connectivity index (χ1) is 7.16. The molecule has 0 amide bonds. The van der Waals surface area contributed by atoms with Crippen molar-refractivity contribution in [2.75, 3.05) is 33.4 Å². The van der Waals surface area contributed by atoms with E-state index in [0.717, 1.165) is 45.6 Å². The number of nitrogens with two attached hydrogens (primary N) is 1. The number of hydrogen-bond donors (Lipinski definition) is 1. The Labute approximate surface area is 95.0 Å². The number of nitrogens with zero attached hydrogens (tertiary/aromatic N) is 1. The highest BCUT2D eigenvalue weighted by molar-refractivity contribution is 4.87. The van der Waals surface area contributed by atoms with Crippen LogP contribution >= 0.6 is 0 Å². The zero-order valence-electron chi connectivity index (χ0n) is 10.9. The summed E-state index contributed by atoms with van der Waals surface area (Å²) in [6, 6.07) is 0. The van der Waals surface area contributed by atoms with Crippen LogP contribution in [0.25, 0.3) is 0 Å². The van der Waals surface area contributed by atoms with E-state index in [4.69, 9.17) is 10.5 Å². The Hall–Kier alpha value is -0.120. The molecule has 0 aromatic rings. The molecule has 0 atom stereocenters. The molecule has 3 nitrogen and oxygen atoms in total. The Bertz CT molecular complexity index is 138. The number of ether oxygens (including phenoxy) is 1. The van der Waals surface area contributed by atoms with Gasteiger partial charge in [0.2, 0.25) is 0 Å². The third kappa shape index (κ3) is 4.49. The van der Waals surface area contributed by atoms with Crippen molar-refractivity contribution in [3.63, 3.8) is 0 Å². The fourth-order valence-electron chi connectivity index (χ4n) is 1.92. The second-order valence-corrected chi connectivity index (χ2v) is 4.17. The van der Waals surface area contributed by atoms with Gasteiger partial charge in [-0.25, -0.2) is 0 Å². The molecule has 0 aliphatic heterocycles. The largest absolute Gasteiger partial charge is 0.380 e. The fourth-order valence-corrected chi connectivity index (χ4v) is 1.92. The third-order valence-electron chi connectivity index (χ3n) is 3.43. The number of likely N-dealkylation sites (N-methyl/N-ethyl adjacent to an activating group) is 1. The normalized spacial score (nSPS) is 12.4. The Morgan fingerprint density at radius 2 is 1.73 bits per heavy atom. The highest BCUT2D eigenvalue weighted by Crippen LogP contribution is 2.20. The van der Waals surface area contributed by atoms with E-state index in [9.17, 15) is 0 Å². The maximum atomic E-state index is 5.88. The number of hydrogen-bond acceptors (Lipinski definition) is 3. The second kappa shape index (κ2) is 8.08. The van der Waals surface area contributed by atoms with Gasteiger partial charge in [-0.2, -0.15) is 0 Å². The first-order valence-electron chi connectivity index (χ1n) is 6.15. The van der Waals surface area contributed by atoms with Gasteiger partial charge in [0.1, 0.15) is 0 Å². The molecule has 0 unspecified atom stereocenters. The summed E-state index contributed by atoms with van der Waals surface area (Å²) in [6.07, 6.45) is 3.29. The summed E-state index contributed by atoms with van der Waals surface area (Å²) in [5, 5.41) is 0. The summed E-state index contributed by atoms with van der Waals surface area (Å²) in [5.41, 5.74) is 6.04. The van der Waals surface area contributed by atoms with Crippen molar-refractivity contribution in [1.29, 1.82) is 0 Å². The van der Waals surface area contributed by atoms with E-state index in [1.807, 2.05) is 0 Å². The van der Waals surface area contributed by atoms with Crippen LogP contribution in [0.4, 0.5) is 0 Å². The highest BCUT2D eigenvalue weighted by Gasteiger charge is 2.28. The lowest BCUT2D eigenvalue weighted by Crippen LogP contribution is -2.52. The molecule has 0 rings (SSSR count). The van der Waals surface area contributed by atoms with Gasteiger partial charge in [0.25, 0.3) is 0 Å². The van der Waals surface area contributed by atoms with Crippen LogP contribution in [0.1, 0.15) is 40.0 Å². The maximum Gasteiger partial charge on any atom is 0.0593 e. The molecule has 0 saturated heterocycles. The standard InChI is InChI=1S/C12H28N2O/c1-5-9-15-10-8-14(4)12(6-2,7-3)11-13/h5-11,13H2,1-4H3. The summed E-state index contributed by atoms with van der Waals surface area (Å²) in [6.45, 7) is 9.92. The minimum absolute atomic E-state index is 0.162. The first kappa shape index (κ1) is 14.9. The van der Waals surface area contributed by atoms with E-state index < -0.39 is 0 Å². The molecule has 0 aliphatic rings. The van der Waals surface area contributed by atoms with E-state index in [1.54, 1.807) is 0 Å². The quantitative estimate of drug-likeness (QED) is 0.598. The van der Waals surface area contributed by atoms with Gasteiger partial charge in [-0.15, -0.1) is 0 Å². The summed E-state index contributed by atoms with van der Waals surface area (Å²) >= 11 is 0. The van der Waals surface area contributed by atoms with Crippen LogP contribution in [-0.2, 0) is 4.74 Å². The predicted octanol–water partition coefficient (Wildman–Crippen LogP) is 1.86. The van der Waals surface area contributed by atoms with Crippen molar-refractivity contribution in [1.82, 2.24) is 4.90 Å². The molecular formula is C12H28N2O. The SMILES string of the molecule is CCCOCCN(C)C(CC)(CC)CN. The van der Waals surface area contributed by atoms with Crippen LogP contribution in [0.15, 0.2) is 0 Å². The molecule has 0 radical (unpaired) electrons. The highest BCUT2D eigenvalue weighted by atomic mass is 16.5. The lowest BCUT2D eigenvalue weighted by molar-refractivity contribution is 0.0586. The fraction of sp³-hybridized carbons (Fsp3) is 1.00. The molecule has 92 valence electrons. The van der Waals surface area contributed by atoms with Gasteiger partial charge in [0.05, 0.1) is 6.61 Å². The minimum atomic E-state index is 0.162. The van der Waals surface area contributed by atoms with E-state index in [2.05, 4.69) is 32.7 Å². The third-order valence-corrected chi connectivity index (χ3v) is 3.43. The van der Waals surface area contributed by atoms with Crippen LogP contribution in [0, 0.1) is 0 Å². The lowest BCUT2D eigenvalue weighted by Gasteiger charge is -2.40. The topological polar surface area (TPSA) is 38.5 Å². The van der Waals surface area contributed by atoms with Gasteiger partial charge in [-0.3, -0.25) is 4.90 Å². The van der Waals surface area contributed by atoms with Crippen LogP contribution in [0.3, 0.4) is 0 Å².